The third-order valence-corrected chi connectivity index (χ3v) is 1.69. The molecule has 0 aromatic heterocycles. The molecule has 0 spiro atoms. The molecule has 6 nitrogen and oxygen atoms in total. The lowest BCUT2D eigenvalue weighted by Crippen LogP contribution is -2.18. The highest BCUT2D eigenvalue weighted by Gasteiger charge is 2.11. The summed E-state index contributed by atoms with van der Waals surface area (Å²) in [5.74, 6) is 0.479. The third kappa shape index (κ3) is 1.12. The zero-order chi connectivity index (χ0) is 9.42. The summed E-state index contributed by atoms with van der Waals surface area (Å²) in [4.78, 5) is 22.5. The smallest absolute Gasteiger partial charge is 0.285 e. The zero-order valence-electron chi connectivity index (χ0n) is 6.93. The number of aryl methyl sites for hydroxylation is 1. The van der Waals surface area contributed by atoms with Crippen LogP contribution in [-0.2, 0) is 7.05 Å². The second-order valence-corrected chi connectivity index (χ2v) is 2.63. The lowest BCUT2D eigenvalue weighted by Gasteiger charge is -2.07. The molecule has 2 rings (SSSR count). The van der Waals surface area contributed by atoms with E-state index in [0.717, 1.165) is 0 Å². The Bertz CT molecular complexity index is 477. The van der Waals surface area contributed by atoms with E-state index in [1.54, 1.807) is 17.9 Å². The van der Waals surface area contributed by atoms with Crippen LogP contribution < -0.4 is 11.3 Å². The quantitative estimate of drug-likeness (QED) is 0.572. The number of nitrogens with two attached hydrogens (primary N) is 1. The van der Waals surface area contributed by atoms with Crippen LogP contribution in [0.2, 0.25) is 0 Å². The van der Waals surface area contributed by atoms with Gasteiger partial charge in [-0.05, 0) is 0 Å². The average Bonchev–Trinajstić information content (AvgIpc) is 2.07. The molecule has 0 atom stereocenters. The molecule has 6 heteroatoms. The van der Waals surface area contributed by atoms with Crippen LogP contribution in [0.15, 0.2) is 17.3 Å². The van der Waals surface area contributed by atoms with Crippen molar-refractivity contribution in [2.24, 2.45) is 7.05 Å². The van der Waals surface area contributed by atoms with Crippen LogP contribution in [0, 0.1) is 0 Å². The molecule has 0 amide bonds. The van der Waals surface area contributed by atoms with Gasteiger partial charge in [-0.15, -0.1) is 0 Å². The molecule has 66 valence electrons. The maximum absolute atomic E-state index is 11.3. The molecule has 2 N–H and O–H groups in total. The molecule has 2 heterocycles. The van der Waals surface area contributed by atoms with E-state index in [1.807, 2.05) is 0 Å². The lowest BCUT2D eigenvalue weighted by atomic mass is 10.3. The molecule has 0 saturated carbocycles. The first-order chi connectivity index (χ1) is 6.18. The first kappa shape index (κ1) is 7.66. The van der Waals surface area contributed by atoms with E-state index >= 15 is 0 Å². The van der Waals surface area contributed by atoms with Crippen molar-refractivity contribution < 1.29 is 0 Å². The summed E-state index contributed by atoms with van der Waals surface area (Å²) in [5.41, 5.74) is 5.31. The predicted octanol–water partition coefficient (Wildman–Crippen LogP) is -0.743. The van der Waals surface area contributed by atoms with E-state index in [-0.39, 0.29) is 5.95 Å². The fraction of sp³-hybridized carbons (Fsp3) is 0.143. The van der Waals surface area contributed by atoms with Crippen molar-refractivity contribution in [2.75, 3.05) is 5.73 Å². The van der Waals surface area contributed by atoms with Gasteiger partial charge in [0.1, 0.15) is 5.56 Å². The van der Waals surface area contributed by atoms with E-state index < -0.39 is 5.56 Å². The van der Waals surface area contributed by atoms with E-state index in [2.05, 4.69) is 15.0 Å². The van der Waals surface area contributed by atoms with Gasteiger partial charge in [-0.3, -0.25) is 4.79 Å². The van der Waals surface area contributed by atoms with Gasteiger partial charge < -0.3 is 10.3 Å². The van der Waals surface area contributed by atoms with E-state index in [9.17, 15) is 4.79 Å². The number of fused-ring (bicyclic) bond motifs is 1. The summed E-state index contributed by atoms with van der Waals surface area (Å²) in [7, 11) is 1.74. The minimum absolute atomic E-state index is 0.0145. The standard InChI is InChI=1S/C7H7N5O/c1-12-3-9-2-4-5(12)10-7(8)11-6(4)13/h2-3H,1H3,(H2,8,11,13). The van der Waals surface area contributed by atoms with Gasteiger partial charge in [-0.2, -0.15) is 9.97 Å². The van der Waals surface area contributed by atoms with Crippen molar-refractivity contribution in [3.05, 3.63) is 22.9 Å². The molecule has 0 unspecified atom stereocenters. The SMILES string of the molecule is Cn1cncc2c(=O)nc(N)nc1-2. The highest BCUT2D eigenvalue weighted by Crippen LogP contribution is 2.11. The summed E-state index contributed by atoms with van der Waals surface area (Å²) >= 11 is 0. The fourth-order valence-corrected chi connectivity index (χ4v) is 1.10. The first-order valence-electron chi connectivity index (χ1n) is 3.62. The molecular formula is C7H7N5O. The summed E-state index contributed by atoms with van der Waals surface area (Å²) in [6.45, 7) is 0. The van der Waals surface area contributed by atoms with Crippen LogP contribution in [0.25, 0.3) is 11.4 Å². The molecule has 2 aliphatic heterocycles. The van der Waals surface area contributed by atoms with Crippen LogP contribution in [-0.4, -0.2) is 19.5 Å². The summed E-state index contributed by atoms with van der Waals surface area (Å²) < 4.78 is 1.62. The predicted molar refractivity (Wildman–Crippen MR) is 46.1 cm³/mol. The van der Waals surface area contributed by atoms with Gasteiger partial charge in [-0.25, -0.2) is 4.98 Å². The Morgan fingerprint density at radius 2 is 2.23 bits per heavy atom. The third-order valence-electron chi connectivity index (χ3n) is 1.69. The Morgan fingerprint density at radius 1 is 1.46 bits per heavy atom. The molecule has 0 saturated heterocycles. The van der Waals surface area contributed by atoms with Crippen molar-refractivity contribution in [1.82, 2.24) is 19.5 Å². The molecule has 0 aliphatic carbocycles. The summed E-state index contributed by atoms with van der Waals surface area (Å²) in [5, 5.41) is 0. The number of aromatic nitrogens is 4. The van der Waals surface area contributed by atoms with Gasteiger partial charge in [0.15, 0.2) is 5.82 Å². The van der Waals surface area contributed by atoms with E-state index in [4.69, 9.17) is 5.73 Å². The van der Waals surface area contributed by atoms with Crippen LogP contribution in [0.5, 0.6) is 0 Å². The summed E-state index contributed by atoms with van der Waals surface area (Å²) in [6, 6.07) is 0. The van der Waals surface area contributed by atoms with Crippen LogP contribution in [0.1, 0.15) is 0 Å². The number of rotatable bonds is 0. The zero-order valence-corrected chi connectivity index (χ0v) is 6.93. The highest BCUT2D eigenvalue weighted by molar-refractivity contribution is 5.54. The Labute approximate surface area is 73.4 Å². The molecule has 0 aromatic carbocycles. The van der Waals surface area contributed by atoms with Crippen LogP contribution in [0.4, 0.5) is 5.95 Å². The molecule has 0 bridgehead atoms. The van der Waals surface area contributed by atoms with Crippen molar-refractivity contribution in [2.45, 2.75) is 0 Å². The number of hydrogen-bond acceptors (Lipinski definition) is 5. The minimum Gasteiger partial charge on any atom is -0.368 e. The minimum atomic E-state index is -0.397. The van der Waals surface area contributed by atoms with Crippen molar-refractivity contribution >= 4 is 5.95 Å². The van der Waals surface area contributed by atoms with Gasteiger partial charge in [-0.1, -0.05) is 0 Å². The number of nitrogen functional groups attached to an aromatic ring is 1. The largest absolute Gasteiger partial charge is 0.368 e. The topological polar surface area (TPSA) is 86.7 Å². The van der Waals surface area contributed by atoms with Crippen LogP contribution >= 0.6 is 0 Å². The van der Waals surface area contributed by atoms with Gasteiger partial charge in [0.2, 0.25) is 5.95 Å². The second-order valence-electron chi connectivity index (χ2n) is 2.63. The van der Waals surface area contributed by atoms with E-state index in [0.29, 0.717) is 11.4 Å². The first-order valence-corrected chi connectivity index (χ1v) is 3.62. The Balaban J connectivity index is 2.92. The van der Waals surface area contributed by atoms with Crippen molar-refractivity contribution in [3.63, 3.8) is 0 Å². The Morgan fingerprint density at radius 3 is 3.00 bits per heavy atom. The second kappa shape index (κ2) is 2.51. The van der Waals surface area contributed by atoms with Gasteiger partial charge in [0.25, 0.3) is 5.56 Å². The Hall–Kier alpha value is -1.98. The summed E-state index contributed by atoms with van der Waals surface area (Å²) in [6.07, 6.45) is 2.98. The van der Waals surface area contributed by atoms with Crippen LogP contribution in [0.3, 0.4) is 0 Å². The lowest BCUT2D eigenvalue weighted by molar-refractivity contribution is 0.836. The molecule has 0 fully saturated rings. The van der Waals surface area contributed by atoms with Crippen molar-refractivity contribution in [1.29, 1.82) is 0 Å². The van der Waals surface area contributed by atoms with Gasteiger partial charge in [0, 0.05) is 13.2 Å². The number of nitrogens with zero attached hydrogens (tertiary/aromatic N) is 4. The van der Waals surface area contributed by atoms with Gasteiger partial charge >= 0.3 is 0 Å². The maximum Gasteiger partial charge on any atom is 0.285 e. The van der Waals surface area contributed by atoms with Gasteiger partial charge in [0.05, 0.1) is 6.33 Å². The molecule has 13 heavy (non-hydrogen) atoms. The molecule has 0 aromatic rings. The number of hydrogen-bond donors (Lipinski definition) is 1. The Kier molecular flexibility index (Phi) is 1.48. The van der Waals surface area contributed by atoms with E-state index in [1.165, 1.54) is 6.20 Å². The maximum atomic E-state index is 11.3. The monoisotopic (exact) mass is 177 g/mol. The molecular weight excluding hydrogens is 170 g/mol. The highest BCUT2D eigenvalue weighted by atomic mass is 16.1. The van der Waals surface area contributed by atoms with Crippen molar-refractivity contribution in [3.8, 4) is 11.4 Å². The molecule has 0 radical (unpaired) electrons. The number of anilines is 1. The average molecular weight is 177 g/mol. The normalized spacial score (nSPS) is 10.5. The fourth-order valence-electron chi connectivity index (χ4n) is 1.10. The molecule has 2 aliphatic rings.